The third-order valence-electron chi connectivity index (χ3n) is 1.40. The monoisotopic (exact) mass is 147 g/mol. The van der Waals surface area contributed by atoms with E-state index in [1.807, 2.05) is 6.08 Å². The van der Waals surface area contributed by atoms with E-state index in [0.29, 0.717) is 0 Å². The lowest BCUT2D eigenvalue weighted by Gasteiger charge is -2.19. The highest BCUT2D eigenvalue weighted by atomic mass is 35.6. The lowest BCUT2D eigenvalue weighted by molar-refractivity contribution is 0.845. The molecule has 1 radical (unpaired) electrons. The summed E-state index contributed by atoms with van der Waals surface area (Å²) in [6.07, 6.45) is 1.92. The minimum Gasteiger partial charge on any atom is -0.168 e. The Kier molecular flexibility index (Phi) is 2.78. The molecule has 0 saturated heterocycles. The first-order valence-corrected chi connectivity index (χ1v) is 5.65. The van der Waals surface area contributed by atoms with Gasteiger partial charge in [-0.25, -0.2) is 0 Å². The predicted molar refractivity (Wildman–Crippen MR) is 41.7 cm³/mol. The molecule has 0 bridgehead atoms. The second kappa shape index (κ2) is 2.69. The van der Waals surface area contributed by atoms with Gasteiger partial charge in [0.15, 0.2) is 8.11 Å². The van der Waals surface area contributed by atoms with E-state index in [1.165, 1.54) is 0 Å². The molecule has 0 heterocycles. The van der Waals surface area contributed by atoms with E-state index in [9.17, 15) is 0 Å². The molecule has 8 heavy (non-hydrogen) atoms. The number of halogens is 1. The van der Waals surface area contributed by atoms with Gasteiger partial charge in [0.25, 0.3) is 0 Å². The van der Waals surface area contributed by atoms with Crippen molar-refractivity contribution < 1.29 is 0 Å². The smallest absolute Gasteiger partial charge is 0.168 e. The Morgan fingerprint density at radius 2 is 2.00 bits per heavy atom. The summed E-state index contributed by atoms with van der Waals surface area (Å²) in [6, 6.07) is 0. The first-order valence-electron chi connectivity index (χ1n) is 2.64. The molecule has 0 aromatic heterocycles. The molecule has 0 N–H and O–H groups in total. The molecule has 0 fully saturated rings. The SMILES string of the molecule is C=CC(C)(C)[Si](C)Cl. The van der Waals surface area contributed by atoms with Gasteiger partial charge in [0.2, 0.25) is 0 Å². The Morgan fingerprint density at radius 3 is 2.00 bits per heavy atom. The van der Waals surface area contributed by atoms with Gasteiger partial charge >= 0.3 is 0 Å². The maximum Gasteiger partial charge on any atom is 0.172 e. The molecule has 0 nitrogen and oxygen atoms in total. The van der Waals surface area contributed by atoms with Crippen molar-refractivity contribution in [2.24, 2.45) is 0 Å². The van der Waals surface area contributed by atoms with Crippen LogP contribution in [0.15, 0.2) is 12.7 Å². The number of hydrogen-bond donors (Lipinski definition) is 0. The summed E-state index contributed by atoms with van der Waals surface area (Å²) in [5.41, 5.74) is 0. The summed E-state index contributed by atoms with van der Waals surface area (Å²) >= 11 is 5.90. The van der Waals surface area contributed by atoms with Crippen LogP contribution in [0.5, 0.6) is 0 Å². The molecule has 0 aromatic carbocycles. The maximum atomic E-state index is 5.90. The van der Waals surface area contributed by atoms with E-state index in [0.717, 1.165) is 0 Å². The average Bonchev–Trinajstić information content (AvgIpc) is 1.67. The Labute approximate surface area is 57.9 Å². The molecular weight excluding hydrogens is 136 g/mol. The molecule has 0 aromatic rings. The van der Waals surface area contributed by atoms with Gasteiger partial charge in [-0.05, 0) is 5.04 Å². The van der Waals surface area contributed by atoms with E-state index in [2.05, 4.69) is 27.0 Å². The number of allylic oxidation sites excluding steroid dienone is 1. The van der Waals surface area contributed by atoms with Crippen molar-refractivity contribution in [2.75, 3.05) is 0 Å². The predicted octanol–water partition coefficient (Wildman–Crippen LogP) is 2.81. The normalized spacial score (nSPS) is 12.1. The van der Waals surface area contributed by atoms with Gasteiger partial charge in [-0.2, -0.15) is 11.1 Å². The molecule has 0 amide bonds. The van der Waals surface area contributed by atoms with Gasteiger partial charge < -0.3 is 0 Å². The van der Waals surface area contributed by atoms with Crippen LogP contribution < -0.4 is 0 Å². The maximum absolute atomic E-state index is 5.90. The van der Waals surface area contributed by atoms with Crippen LogP contribution in [0.1, 0.15) is 13.8 Å². The lowest BCUT2D eigenvalue weighted by Crippen LogP contribution is -2.15. The third-order valence-corrected chi connectivity index (χ3v) is 4.84. The summed E-state index contributed by atoms with van der Waals surface area (Å²) in [4.78, 5) is 0. The Hall–Kier alpha value is 0.247. The molecule has 0 unspecified atom stereocenters. The number of hydrogen-bond acceptors (Lipinski definition) is 0. The Bertz CT molecular complexity index is 86.5. The van der Waals surface area contributed by atoms with Crippen LogP contribution in [0.4, 0.5) is 0 Å². The molecule has 2 heteroatoms. The fraction of sp³-hybridized carbons (Fsp3) is 0.667. The van der Waals surface area contributed by atoms with E-state index in [4.69, 9.17) is 11.1 Å². The summed E-state index contributed by atoms with van der Waals surface area (Å²) < 4.78 is 0. The topological polar surface area (TPSA) is 0 Å². The summed E-state index contributed by atoms with van der Waals surface area (Å²) in [5.74, 6) is 0. The van der Waals surface area contributed by atoms with E-state index in [1.54, 1.807) is 0 Å². The molecule has 47 valence electrons. The van der Waals surface area contributed by atoms with E-state index in [-0.39, 0.29) is 5.04 Å². The lowest BCUT2D eigenvalue weighted by atomic mass is 10.2. The largest absolute Gasteiger partial charge is 0.172 e. The molecule has 0 aliphatic heterocycles. The highest BCUT2D eigenvalue weighted by Crippen LogP contribution is 2.30. The van der Waals surface area contributed by atoms with Gasteiger partial charge in [-0.3, -0.25) is 0 Å². The van der Waals surface area contributed by atoms with Crippen molar-refractivity contribution in [1.29, 1.82) is 0 Å². The molecule has 0 aliphatic carbocycles. The van der Waals surface area contributed by atoms with Gasteiger partial charge in [-0.1, -0.05) is 26.5 Å². The zero-order valence-electron chi connectivity index (χ0n) is 5.66. The molecule has 0 aliphatic rings. The van der Waals surface area contributed by atoms with Crippen LogP contribution in [0.2, 0.25) is 11.6 Å². The van der Waals surface area contributed by atoms with Crippen LogP contribution in [-0.4, -0.2) is 8.11 Å². The average molecular weight is 148 g/mol. The summed E-state index contributed by atoms with van der Waals surface area (Å²) in [7, 11) is -0.708. The fourth-order valence-electron chi connectivity index (χ4n) is 0.141. The highest BCUT2D eigenvalue weighted by Gasteiger charge is 2.21. The first kappa shape index (κ1) is 8.25. The third kappa shape index (κ3) is 2.01. The van der Waals surface area contributed by atoms with Crippen LogP contribution in [0.25, 0.3) is 0 Å². The quantitative estimate of drug-likeness (QED) is 0.320. The first-order chi connectivity index (χ1) is 3.50. The number of rotatable bonds is 2. The molecule has 0 saturated carbocycles. The second-order valence-corrected chi connectivity index (χ2v) is 6.52. The fourth-order valence-corrected chi connectivity index (χ4v) is 0.653. The van der Waals surface area contributed by atoms with Crippen LogP contribution in [0.3, 0.4) is 0 Å². The van der Waals surface area contributed by atoms with Crippen molar-refractivity contribution in [3.05, 3.63) is 12.7 Å². The van der Waals surface area contributed by atoms with Crippen molar-refractivity contribution >= 4 is 19.2 Å². The van der Waals surface area contributed by atoms with Gasteiger partial charge in [0.1, 0.15) is 0 Å². The van der Waals surface area contributed by atoms with Crippen molar-refractivity contribution in [3.63, 3.8) is 0 Å². The zero-order valence-corrected chi connectivity index (χ0v) is 7.42. The van der Waals surface area contributed by atoms with Crippen LogP contribution in [0, 0.1) is 0 Å². The standard InChI is InChI=1S/C6H12ClSi/c1-5-6(2,3)8(4)7/h5H,1H2,2-4H3. The van der Waals surface area contributed by atoms with Crippen molar-refractivity contribution in [2.45, 2.75) is 25.4 Å². The molecular formula is C6H12ClSi. The molecule has 0 spiro atoms. The van der Waals surface area contributed by atoms with E-state index < -0.39 is 8.11 Å². The molecule has 0 rings (SSSR count). The zero-order chi connectivity index (χ0) is 6.78. The summed E-state index contributed by atoms with van der Waals surface area (Å²) in [5, 5.41) is 0.173. The summed E-state index contributed by atoms with van der Waals surface area (Å²) in [6.45, 7) is 10.00. The molecule has 0 atom stereocenters. The Balaban J connectivity index is 3.90. The van der Waals surface area contributed by atoms with Crippen LogP contribution >= 0.6 is 11.1 Å². The van der Waals surface area contributed by atoms with Gasteiger partial charge in [-0.15, -0.1) is 6.58 Å². The van der Waals surface area contributed by atoms with Crippen LogP contribution in [-0.2, 0) is 0 Å². The minimum absolute atomic E-state index is 0.173. The van der Waals surface area contributed by atoms with Gasteiger partial charge in [0.05, 0.1) is 0 Å². The van der Waals surface area contributed by atoms with Gasteiger partial charge in [0, 0.05) is 0 Å². The van der Waals surface area contributed by atoms with E-state index >= 15 is 0 Å². The highest BCUT2D eigenvalue weighted by molar-refractivity contribution is 7.08. The minimum atomic E-state index is -0.708. The van der Waals surface area contributed by atoms with Crippen molar-refractivity contribution in [3.8, 4) is 0 Å². The Morgan fingerprint density at radius 1 is 1.62 bits per heavy atom. The second-order valence-electron chi connectivity index (χ2n) is 2.46. The van der Waals surface area contributed by atoms with Crippen molar-refractivity contribution in [1.82, 2.24) is 0 Å².